The van der Waals surface area contributed by atoms with E-state index in [1.165, 1.54) is 0 Å². The normalized spacial score (nSPS) is 25.2. The van der Waals surface area contributed by atoms with Gasteiger partial charge in [-0.15, -0.1) is 0 Å². The number of pyridine rings is 1. The fraction of sp³-hybridized carbons (Fsp3) is 0.600. The second-order valence-corrected chi connectivity index (χ2v) is 8.62. The molecule has 22 heavy (non-hydrogen) atoms. The number of aromatic nitrogens is 1. The molecule has 3 heterocycles. The van der Waals surface area contributed by atoms with Crippen LogP contribution < -0.4 is 0 Å². The summed E-state index contributed by atoms with van der Waals surface area (Å²) in [5, 5.41) is 0. The van der Waals surface area contributed by atoms with Crippen LogP contribution in [0.1, 0.15) is 22.5 Å². The first-order valence-corrected chi connectivity index (χ1v) is 8.98. The van der Waals surface area contributed by atoms with E-state index in [-0.39, 0.29) is 30.7 Å². The van der Waals surface area contributed by atoms with Crippen molar-refractivity contribution >= 4 is 15.7 Å². The molecule has 0 aromatic carbocycles. The number of amides is 1. The molecule has 1 amide bonds. The van der Waals surface area contributed by atoms with Crippen LogP contribution in [0.4, 0.5) is 0 Å². The van der Waals surface area contributed by atoms with Gasteiger partial charge in [-0.05, 0) is 25.5 Å². The largest absolute Gasteiger partial charge is 0.384 e. The molecule has 6 nitrogen and oxygen atoms in total. The highest BCUT2D eigenvalue weighted by Gasteiger charge is 2.62. The van der Waals surface area contributed by atoms with E-state index >= 15 is 0 Å². The summed E-state index contributed by atoms with van der Waals surface area (Å²) >= 11 is 0. The molecule has 2 fully saturated rings. The molecule has 1 atom stereocenters. The maximum Gasteiger partial charge on any atom is 0.255 e. The molecule has 0 aliphatic carbocycles. The van der Waals surface area contributed by atoms with Crippen molar-refractivity contribution in [3.05, 3.63) is 29.6 Å². The summed E-state index contributed by atoms with van der Waals surface area (Å²) in [6.07, 6.45) is 2.16. The number of nitrogens with zero attached hydrogens (tertiary/aromatic N) is 2. The maximum atomic E-state index is 12.4. The van der Waals surface area contributed by atoms with E-state index < -0.39 is 14.6 Å². The summed E-state index contributed by atoms with van der Waals surface area (Å²) in [7, 11) is -1.58. The van der Waals surface area contributed by atoms with Crippen molar-refractivity contribution in [2.45, 2.75) is 18.1 Å². The monoisotopic (exact) mass is 324 g/mol. The van der Waals surface area contributed by atoms with Crippen LogP contribution >= 0.6 is 0 Å². The zero-order chi connectivity index (χ0) is 16.0. The van der Waals surface area contributed by atoms with Gasteiger partial charge < -0.3 is 9.64 Å². The van der Waals surface area contributed by atoms with E-state index in [9.17, 15) is 13.2 Å². The van der Waals surface area contributed by atoms with E-state index in [1.54, 1.807) is 30.3 Å². The Morgan fingerprint density at radius 1 is 1.45 bits per heavy atom. The van der Waals surface area contributed by atoms with Crippen molar-refractivity contribution in [2.75, 3.05) is 32.6 Å². The van der Waals surface area contributed by atoms with Gasteiger partial charge in [0.25, 0.3) is 5.91 Å². The van der Waals surface area contributed by atoms with Crippen molar-refractivity contribution in [3.63, 3.8) is 0 Å². The number of ether oxygens (including phenoxy) is 1. The number of carbonyl (C=O) groups is 1. The molecule has 3 rings (SSSR count). The molecule has 2 saturated heterocycles. The second kappa shape index (κ2) is 5.31. The molecular formula is C15H20N2O4S. The van der Waals surface area contributed by atoms with Gasteiger partial charge in [-0.1, -0.05) is 0 Å². The SMILES string of the molecule is COCC1CCS(=O)(=O)C12CN(C(=O)c1ccc(C)nc1)C2. The van der Waals surface area contributed by atoms with E-state index in [1.807, 2.05) is 6.92 Å². The molecule has 0 radical (unpaired) electrons. The standard InChI is InChI=1S/C15H20N2O4S/c1-11-3-4-12(7-16-11)14(18)17-9-15(10-17)13(8-21-2)5-6-22(15,19)20/h3-4,7,13H,5-6,8-10H2,1-2H3. The lowest BCUT2D eigenvalue weighted by molar-refractivity contribution is 0.0336. The van der Waals surface area contributed by atoms with Gasteiger partial charge in [0, 0.05) is 38.0 Å². The van der Waals surface area contributed by atoms with Gasteiger partial charge in [0.1, 0.15) is 4.75 Å². The van der Waals surface area contributed by atoms with E-state index in [0.717, 1.165) is 5.69 Å². The topological polar surface area (TPSA) is 76.6 Å². The van der Waals surface area contributed by atoms with Gasteiger partial charge in [-0.25, -0.2) is 8.42 Å². The zero-order valence-corrected chi connectivity index (χ0v) is 13.6. The Hall–Kier alpha value is -1.47. The molecule has 2 aliphatic rings. The first-order valence-electron chi connectivity index (χ1n) is 7.33. The fourth-order valence-corrected chi connectivity index (χ4v) is 5.83. The summed E-state index contributed by atoms with van der Waals surface area (Å²) in [5.41, 5.74) is 1.34. The summed E-state index contributed by atoms with van der Waals surface area (Å²) < 4.78 is 29.1. The van der Waals surface area contributed by atoms with Crippen molar-refractivity contribution in [1.29, 1.82) is 0 Å². The Bertz CT molecular complexity index is 678. The number of sulfone groups is 1. The third kappa shape index (κ3) is 2.23. The van der Waals surface area contributed by atoms with E-state index in [4.69, 9.17) is 4.74 Å². The Balaban J connectivity index is 1.77. The smallest absolute Gasteiger partial charge is 0.255 e. The second-order valence-electron chi connectivity index (χ2n) is 6.17. The first kappa shape index (κ1) is 15.4. The zero-order valence-electron chi connectivity index (χ0n) is 12.8. The van der Waals surface area contributed by atoms with Crippen molar-refractivity contribution in [1.82, 2.24) is 9.88 Å². The van der Waals surface area contributed by atoms with E-state index in [2.05, 4.69) is 4.98 Å². The van der Waals surface area contributed by atoms with Crippen LogP contribution in [0.5, 0.6) is 0 Å². The number of rotatable bonds is 3. The first-order chi connectivity index (χ1) is 10.4. The van der Waals surface area contributed by atoms with Gasteiger partial charge in [0.2, 0.25) is 0 Å². The van der Waals surface area contributed by atoms with Gasteiger partial charge in [-0.3, -0.25) is 9.78 Å². The van der Waals surface area contributed by atoms with Gasteiger partial charge in [0.15, 0.2) is 9.84 Å². The van der Waals surface area contributed by atoms with Crippen molar-refractivity contribution in [3.8, 4) is 0 Å². The highest BCUT2D eigenvalue weighted by atomic mass is 32.2. The minimum atomic E-state index is -3.17. The lowest BCUT2D eigenvalue weighted by Crippen LogP contribution is -2.68. The average Bonchev–Trinajstić information content (AvgIpc) is 2.69. The molecule has 2 aliphatic heterocycles. The Morgan fingerprint density at radius 2 is 2.18 bits per heavy atom. The number of aryl methyl sites for hydroxylation is 1. The molecule has 1 aromatic heterocycles. The fourth-order valence-electron chi connectivity index (χ4n) is 3.43. The van der Waals surface area contributed by atoms with Crippen LogP contribution in [0.3, 0.4) is 0 Å². The van der Waals surface area contributed by atoms with Crippen molar-refractivity contribution in [2.24, 2.45) is 5.92 Å². The summed E-state index contributed by atoms with van der Waals surface area (Å²) in [5.74, 6) is 0.00822. The Morgan fingerprint density at radius 3 is 2.77 bits per heavy atom. The molecule has 120 valence electrons. The molecular weight excluding hydrogens is 304 g/mol. The van der Waals surface area contributed by atoms with Gasteiger partial charge in [0.05, 0.1) is 17.9 Å². The number of methoxy groups -OCH3 is 1. The molecule has 1 spiro atoms. The van der Waals surface area contributed by atoms with Crippen LogP contribution in [-0.4, -0.2) is 61.5 Å². The third-order valence-corrected chi connectivity index (χ3v) is 7.43. The van der Waals surface area contributed by atoms with Crippen LogP contribution in [0.25, 0.3) is 0 Å². The summed E-state index contributed by atoms with van der Waals surface area (Å²) in [4.78, 5) is 18.1. The van der Waals surface area contributed by atoms with E-state index in [0.29, 0.717) is 18.6 Å². The lowest BCUT2D eigenvalue weighted by Gasteiger charge is -2.49. The number of hydrogen-bond donors (Lipinski definition) is 0. The van der Waals surface area contributed by atoms with Crippen molar-refractivity contribution < 1.29 is 17.9 Å². The molecule has 1 aromatic rings. The van der Waals surface area contributed by atoms with Gasteiger partial charge in [-0.2, -0.15) is 0 Å². The third-order valence-electron chi connectivity index (χ3n) is 4.83. The molecule has 0 N–H and O–H groups in total. The lowest BCUT2D eigenvalue weighted by atomic mass is 9.83. The molecule has 1 unspecified atom stereocenters. The summed E-state index contributed by atoms with van der Waals surface area (Å²) in [6, 6.07) is 3.51. The molecule has 0 saturated carbocycles. The highest BCUT2D eigenvalue weighted by Crippen LogP contribution is 2.45. The Kier molecular flexibility index (Phi) is 3.72. The predicted molar refractivity (Wildman–Crippen MR) is 81.4 cm³/mol. The Labute approximate surface area is 130 Å². The predicted octanol–water partition coefficient (Wildman–Crippen LogP) is 0.666. The van der Waals surface area contributed by atoms with Crippen LogP contribution in [0.15, 0.2) is 18.3 Å². The molecule has 0 bridgehead atoms. The average molecular weight is 324 g/mol. The minimum absolute atomic E-state index is 0.0253. The summed E-state index contributed by atoms with van der Waals surface area (Å²) in [6.45, 7) is 2.80. The maximum absolute atomic E-state index is 12.4. The van der Waals surface area contributed by atoms with Crippen LogP contribution in [-0.2, 0) is 14.6 Å². The molecule has 7 heteroatoms. The number of hydrogen-bond acceptors (Lipinski definition) is 5. The van der Waals surface area contributed by atoms with Crippen LogP contribution in [0, 0.1) is 12.8 Å². The van der Waals surface area contributed by atoms with Crippen LogP contribution in [0.2, 0.25) is 0 Å². The number of likely N-dealkylation sites (tertiary alicyclic amines) is 1. The van der Waals surface area contributed by atoms with Gasteiger partial charge >= 0.3 is 0 Å². The minimum Gasteiger partial charge on any atom is -0.384 e. The highest BCUT2D eigenvalue weighted by molar-refractivity contribution is 7.93. The number of carbonyl (C=O) groups excluding carboxylic acids is 1. The quantitative estimate of drug-likeness (QED) is 0.816.